The van der Waals surface area contributed by atoms with E-state index < -0.39 is 35.6 Å². The molecule has 4 aromatic carbocycles. The Kier molecular flexibility index (Phi) is 13.3. The molecule has 0 aliphatic carbocycles. The zero-order chi connectivity index (χ0) is 43.5. The predicted octanol–water partition coefficient (Wildman–Crippen LogP) is 5.88. The number of methoxy groups -OCH3 is 2. The van der Waals surface area contributed by atoms with Gasteiger partial charge in [0.2, 0.25) is 0 Å². The Morgan fingerprint density at radius 3 is 1.26 bits per heavy atom. The van der Waals surface area contributed by atoms with Gasteiger partial charge in [0.05, 0.1) is 14.2 Å². The van der Waals surface area contributed by atoms with Gasteiger partial charge in [-0.15, -0.1) is 5.06 Å². The Bertz CT molecular complexity index is 3020. The average Bonchev–Trinajstić information content (AvgIpc) is 3.57. The van der Waals surface area contributed by atoms with Gasteiger partial charge in [-0.3, -0.25) is 9.59 Å². The largest absolute Gasteiger partial charge is 0.508 e. The molecule has 4 aromatic heterocycles. The summed E-state index contributed by atoms with van der Waals surface area (Å²) in [6.45, 7) is -0.500. The van der Waals surface area contributed by atoms with Gasteiger partial charge < -0.3 is 41.8 Å². The van der Waals surface area contributed by atoms with Gasteiger partial charge in [0, 0.05) is 82.9 Å². The highest BCUT2D eigenvalue weighted by atomic mass is 16.7. The number of ether oxygens (including phenoxy) is 3. The minimum absolute atomic E-state index is 0.0245. The average molecular weight is 832 g/mol. The fourth-order valence-corrected chi connectivity index (χ4v) is 5.44. The van der Waals surface area contributed by atoms with E-state index in [0.717, 1.165) is 16.2 Å². The molecule has 1 N–H and O–H groups in total. The minimum Gasteiger partial charge on any atom is -0.508 e. The molecule has 8 aromatic rings. The number of phenolic OH excluding ortho intramolecular Hbond substituents is 1. The molecule has 17 nitrogen and oxygen atoms in total. The molecular weight excluding hydrogens is 798 g/mol. The second kappa shape index (κ2) is 19.3. The number of fused-ring (bicyclic) bond motifs is 4. The molecule has 2 amide bonds. The number of imide groups is 1. The van der Waals surface area contributed by atoms with Crippen LogP contribution in [0, 0.1) is 0 Å². The predicted molar refractivity (Wildman–Crippen MR) is 217 cm³/mol. The van der Waals surface area contributed by atoms with E-state index in [0.29, 0.717) is 44.3 Å². The molecule has 61 heavy (non-hydrogen) atoms. The molecule has 17 heteroatoms. The Morgan fingerprint density at radius 1 is 0.508 bits per heavy atom. The van der Waals surface area contributed by atoms with Crippen molar-refractivity contribution in [2.45, 2.75) is 12.8 Å². The monoisotopic (exact) mass is 831 g/mol. The van der Waals surface area contributed by atoms with E-state index in [1.54, 1.807) is 74.9 Å². The third kappa shape index (κ3) is 11.4. The quantitative estimate of drug-likeness (QED) is 0.152. The molecule has 0 radical (unpaired) electrons. The van der Waals surface area contributed by atoms with E-state index in [2.05, 4.69) is 4.84 Å². The van der Waals surface area contributed by atoms with Gasteiger partial charge in [-0.05, 0) is 72.8 Å². The summed E-state index contributed by atoms with van der Waals surface area (Å²) in [5, 5.41) is 12.8. The van der Waals surface area contributed by atoms with Gasteiger partial charge in [0.25, 0.3) is 11.8 Å². The van der Waals surface area contributed by atoms with Crippen LogP contribution >= 0.6 is 0 Å². The van der Waals surface area contributed by atoms with Crippen molar-refractivity contribution >= 4 is 61.7 Å². The standard InChI is InChI=1S/C15H11NO7.2C10H8O3.C9H6O3/c17-12-4-5-13(18)16(12)23-15(20)8-21-10-3-1-9-2-6-14(19)22-11(9)7-10;2*1-12-8-4-2-7-3-5-10(11)13-9(7)6-8;10-7-3-1-6-2-4-9(11)12-8(6)5-7/h1-3,6-7H,4-5,8H2;2*2-6H,1H3;1-5,10H. The summed E-state index contributed by atoms with van der Waals surface area (Å²) in [5.41, 5.74) is 0.212. The van der Waals surface area contributed by atoms with E-state index in [-0.39, 0.29) is 35.6 Å². The number of carbonyl (C=O) groups is 3. The maximum Gasteiger partial charge on any atom is 0.370 e. The second-order valence-electron chi connectivity index (χ2n) is 12.6. The molecule has 0 atom stereocenters. The third-order valence-electron chi connectivity index (χ3n) is 8.42. The second-order valence-corrected chi connectivity index (χ2v) is 12.6. The van der Waals surface area contributed by atoms with E-state index in [4.69, 9.17) is 37.0 Å². The lowest BCUT2D eigenvalue weighted by Crippen LogP contribution is -2.33. The molecule has 1 aliphatic rings. The van der Waals surface area contributed by atoms with Crippen molar-refractivity contribution in [3.05, 3.63) is 163 Å². The smallest absolute Gasteiger partial charge is 0.370 e. The number of carbonyl (C=O) groups excluding carboxylic acids is 3. The normalized spacial score (nSPS) is 11.8. The molecular formula is C44H33NO16. The van der Waals surface area contributed by atoms with Crippen LogP contribution in [0.25, 0.3) is 43.9 Å². The Balaban J connectivity index is 0.000000142. The highest BCUT2D eigenvalue weighted by molar-refractivity contribution is 6.01. The number of hydroxylamine groups is 2. The number of phenols is 1. The van der Waals surface area contributed by atoms with Gasteiger partial charge >= 0.3 is 28.5 Å². The molecule has 310 valence electrons. The lowest BCUT2D eigenvalue weighted by molar-refractivity contribution is -0.198. The van der Waals surface area contributed by atoms with Crippen molar-refractivity contribution in [3.8, 4) is 23.0 Å². The first kappa shape index (κ1) is 42.1. The molecule has 1 fully saturated rings. The molecule has 9 rings (SSSR count). The lowest BCUT2D eigenvalue weighted by Gasteiger charge is -2.13. The van der Waals surface area contributed by atoms with Crippen LogP contribution in [0.4, 0.5) is 0 Å². The van der Waals surface area contributed by atoms with Gasteiger partial charge in [-0.25, -0.2) is 24.0 Å². The summed E-state index contributed by atoms with van der Waals surface area (Å²) in [5.74, 6) is -0.265. The summed E-state index contributed by atoms with van der Waals surface area (Å²) in [7, 11) is 3.14. The molecule has 1 aliphatic heterocycles. The van der Waals surface area contributed by atoms with E-state index in [1.807, 2.05) is 24.3 Å². The summed E-state index contributed by atoms with van der Waals surface area (Å²) in [6, 6.07) is 32.2. The molecule has 0 unspecified atom stereocenters. The third-order valence-corrected chi connectivity index (χ3v) is 8.42. The number of nitrogens with zero attached hydrogens (tertiary/aromatic N) is 1. The van der Waals surface area contributed by atoms with Crippen LogP contribution in [-0.2, 0) is 19.2 Å². The van der Waals surface area contributed by atoms with Gasteiger partial charge in [0.15, 0.2) is 6.61 Å². The fourth-order valence-electron chi connectivity index (χ4n) is 5.44. The first-order valence-electron chi connectivity index (χ1n) is 18.0. The van der Waals surface area contributed by atoms with Crippen molar-refractivity contribution in [3.63, 3.8) is 0 Å². The first-order valence-corrected chi connectivity index (χ1v) is 18.0. The molecule has 5 heterocycles. The highest BCUT2D eigenvalue weighted by Gasteiger charge is 2.33. The number of hydrogen-bond donors (Lipinski definition) is 1. The Morgan fingerprint density at radius 2 is 0.852 bits per heavy atom. The van der Waals surface area contributed by atoms with Crippen LogP contribution in [0.15, 0.2) is 158 Å². The van der Waals surface area contributed by atoms with Gasteiger partial charge in [-0.1, -0.05) is 0 Å². The number of benzene rings is 4. The summed E-state index contributed by atoms with van der Waals surface area (Å²) >= 11 is 0. The summed E-state index contributed by atoms with van der Waals surface area (Å²) in [6.07, 6.45) is 0.0490. The van der Waals surface area contributed by atoms with Crippen LogP contribution < -0.4 is 36.7 Å². The number of amides is 2. The zero-order valence-electron chi connectivity index (χ0n) is 32.2. The van der Waals surface area contributed by atoms with Crippen LogP contribution in [0.5, 0.6) is 23.0 Å². The van der Waals surface area contributed by atoms with E-state index in [1.165, 1.54) is 36.4 Å². The topological polar surface area (TPSA) is 232 Å². The molecule has 1 saturated heterocycles. The van der Waals surface area contributed by atoms with Crippen LogP contribution in [0.1, 0.15) is 12.8 Å². The lowest BCUT2D eigenvalue weighted by atomic mass is 10.2. The number of aromatic hydroxyl groups is 1. The fraction of sp³-hybridized carbons (Fsp3) is 0.114. The Labute approximate surface area is 342 Å². The highest BCUT2D eigenvalue weighted by Crippen LogP contribution is 2.22. The maximum atomic E-state index is 11.6. The van der Waals surface area contributed by atoms with Crippen molar-refractivity contribution in [2.75, 3.05) is 20.8 Å². The first-order chi connectivity index (χ1) is 29.4. The van der Waals surface area contributed by atoms with Crippen LogP contribution in [0.2, 0.25) is 0 Å². The van der Waals surface area contributed by atoms with Crippen molar-refractivity contribution < 1.29 is 56.2 Å². The van der Waals surface area contributed by atoms with Gasteiger partial charge in [0.1, 0.15) is 45.3 Å². The van der Waals surface area contributed by atoms with Crippen molar-refractivity contribution in [1.82, 2.24) is 5.06 Å². The summed E-state index contributed by atoms with van der Waals surface area (Å²) in [4.78, 5) is 82.6. The molecule has 0 bridgehead atoms. The number of rotatable bonds is 6. The molecule has 0 saturated carbocycles. The molecule has 0 spiro atoms. The van der Waals surface area contributed by atoms with E-state index >= 15 is 0 Å². The van der Waals surface area contributed by atoms with Crippen molar-refractivity contribution in [2.24, 2.45) is 0 Å². The Hall–Kier alpha value is -8.47. The number of hydrogen-bond acceptors (Lipinski definition) is 16. The van der Waals surface area contributed by atoms with Crippen LogP contribution in [0.3, 0.4) is 0 Å². The van der Waals surface area contributed by atoms with E-state index in [9.17, 15) is 33.6 Å². The summed E-state index contributed by atoms with van der Waals surface area (Å²) < 4.78 is 35.0. The van der Waals surface area contributed by atoms with Crippen molar-refractivity contribution in [1.29, 1.82) is 0 Å². The minimum atomic E-state index is -0.886. The van der Waals surface area contributed by atoms with Crippen LogP contribution in [-0.4, -0.2) is 48.8 Å². The van der Waals surface area contributed by atoms with Gasteiger partial charge in [-0.2, -0.15) is 0 Å². The maximum absolute atomic E-state index is 11.6. The zero-order valence-corrected chi connectivity index (χ0v) is 32.2. The SMILES string of the molecule is COc1ccc2ccc(=O)oc2c1.COc1ccc2ccc(=O)oc2c1.O=C(COc1ccc2ccc(=O)oc2c1)ON1C(=O)CCC1=O.O=c1ccc2ccc(O)cc2o1.